The monoisotopic (exact) mass is 234 g/mol. The van der Waals surface area contributed by atoms with Gasteiger partial charge in [-0.05, 0) is 30.5 Å². The van der Waals surface area contributed by atoms with Crippen molar-refractivity contribution in [1.82, 2.24) is 0 Å². The number of aliphatic hydroxyl groups is 1. The van der Waals surface area contributed by atoms with Crippen molar-refractivity contribution in [3.63, 3.8) is 0 Å². The van der Waals surface area contributed by atoms with Gasteiger partial charge in [-0.25, -0.2) is 0 Å². The second-order valence-electron chi connectivity index (χ2n) is 3.56. The van der Waals surface area contributed by atoms with Gasteiger partial charge in [-0.2, -0.15) is 8.78 Å². The maximum atomic E-state index is 11.9. The van der Waals surface area contributed by atoms with Crippen LogP contribution in [0, 0.1) is 0 Å². The Balaban J connectivity index is 2.23. The van der Waals surface area contributed by atoms with Crippen LogP contribution in [0.1, 0.15) is 18.4 Å². The number of alkyl halides is 2. The molecule has 5 heteroatoms. The Morgan fingerprint density at radius 3 is 2.53 bits per heavy atom. The summed E-state index contributed by atoms with van der Waals surface area (Å²) in [4.78, 5) is 0. The largest absolute Gasteiger partial charge is 0.433 e. The molecule has 1 aliphatic carbocycles. The molecule has 0 aliphatic heterocycles. The molecule has 0 spiro atoms. The second kappa shape index (κ2) is 3.61. The van der Waals surface area contributed by atoms with Crippen molar-refractivity contribution in [2.24, 2.45) is 0 Å². The summed E-state index contributed by atoms with van der Waals surface area (Å²) in [6, 6.07) is 4.36. The van der Waals surface area contributed by atoms with Gasteiger partial charge in [0.1, 0.15) is 5.75 Å². The van der Waals surface area contributed by atoms with Gasteiger partial charge in [0, 0.05) is 0 Å². The smallest absolute Gasteiger partial charge is 0.387 e. The van der Waals surface area contributed by atoms with Crippen molar-refractivity contribution in [3.05, 3.63) is 28.8 Å². The summed E-state index contributed by atoms with van der Waals surface area (Å²) >= 11 is 5.74. The van der Waals surface area contributed by atoms with Crippen LogP contribution in [0.3, 0.4) is 0 Å². The van der Waals surface area contributed by atoms with Crippen LogP contribution in [0.5, 0.6) is 5.75 Å². The molecule has 1 aromatic carbocycles. The molecular weight excluding hydrogens is 226 g/mol. The van der Waals surface area contributed by atoms with Crippen LogP contribution in [0.4, 0.5) is 8.78 Å². The second-order valence-corrected chi connectivity index (χ2v) is 3.96. The van der Waals surface area contributed by atoms with E-state index in [-0.39, 0.29) is 10.8 Å². The molecule has 82 valence electrons. The summed E-state index contributed by atoms with van der Waals surface area (Å²) in [6.07, 6.45) is 1.36. The average Bonchev–Trinajstić information content (AvgIpc) is 2.88. The Bertz CT molecular complexity index is 378. The Kier molecular flexibility index (Phi) is 2.56. The van der Waals surface area contributed by atoms with Crippen molar-refractivity contribution in [1.29, 1.82) is 0 Å². The van der Waals surface area contributed by atoms with Crippen LogP contribution >= 0.6 is 11.6 Å². The van der Waals surface area contributed by atoms with Crippen molar-refractivity contribution in [2.45, 2.75) is 25.1 Å². The van der Waals surface area contributed by atoms with Crippen LogP contribution in [0.25, 0.3) is 0 Å². The molecule has 1 N–H and O–H groups in total. The first-order valence-corrected chi connectivity index (χ1v) is 4.86. The predicted octanol–water partition coefficient (Wildman–Crippen LogP) is 2.92. The van der Waals surface area contributed by atoms with Crippen molar-refractivity contribution < 1.29 is 18.6 Å². The molecule has 0 atom stereocenters. The van der Waals surface area contributed by atoms with E-state index in [1.807, 2.05) is 0 Å². The third kappa shape index (κ3) is 2.21. The fourth-order valence-corrected chi connectivity index (χ4v) is 1.61. The number of ether oxygens (including phenoxy) is 1. The van der Waals surface area contributed by atoms with E-state index < -0.39 is 12.2 Å². The molecule has 0 unspecified atom stereocenters. The highest BCUT2D eigenvalue weighted by Gasteiger charge is 2.42. The SMILES string of the molecule is OC1(c2ccc(OC(F)F)c(Cl)c2)CC1. The molecule has 1 fully saturated rings. The highest BCUT2D eigenvalue weighted by Crippen LogP contribution is 2.46. The quantitative estimate of drug-likeness (QED) is 0.871. The molecule has 2 rings (SSSR count). The fraction of sp³-hybridized carbons (Fsp3) is 0.400. The zero-order chi connectivity index (χ0) is 11.1. The maximum absolute atomic E-state index is 11.9. The normalized spacial score (nSPS) is 17.9. The zero-order valence-corrected chi connectivity index (χ0v) is 8.47. The highest BCUT2D eigenvalue weighted by molar-refractivity contribution is 6.32. The summed E-state index contributed by atoms with van der Waals surface area (Å²) in [5, 5.41) is 9.84. The fourth-order valence-electron chi connectivity index (χ4n) is 1.39. The minimum absolute atomic E-state index is 0.0698. The Morgan fingerprint density at radius 1 is 1.40 bits per heavy atom. The van der Waals surface area contributed by atoms with Crippen molar-refractivity contribution in [3.8, 4) is 5.75 Å². The van der Waals surface area contributed by atoms with E-state index in [4.69, 9.17) is 11.6 Å². The molecule has 0 aromatic heterocycles. The topological polar surface area (TPSA) is 29.5 Å². The van der Waals surface area contributed by atoms with Gasteiger partial charge in [0.15, 0.2) is 0 Å². The molecule has 15 heavy (non-hydrogen) atoms. The van der Waals surface area contributed by atoms with E-state index in [9.17, 15) is 13.9 Å². The third-order valence-corrected chi connectivity index (χ3v) is 2.70. The first-order valence-electron chi connectivity index (χ1n) is 4.48. The van der Waals surface area contributed by atoms with Crippen LogP contribution in [0.2, 0.25) is 5.02 Å². The van der Waals surface area contributed by atoms with E-state index in [0.717, 1.165) is 0 Å². The maximum Gasteiger partial charge on any atom is 0.387 e. The molecule has 1 saturated carbocycles. The lowest BCUT2D eigenvalue weighted by Crippen LogP contribution is -2.06. The van der Waals surface area contributed by atoms with Gasteiger partial charge in [-0.15, -0.1) is 0 Å². The zero-order valence-electron chi connectivity index (χ0n) is 7.71. The van der Waals surface area contributed by atoms with E-state index in [0.29, 0.717) is 18.4 Å². The Hall–Kier alpha value is -0.870. The Morgan fingerprint density at radius 2 is 2.07 bits per heavy atom. The molecule has 2 nitrogen and oxygen atoms in total. The summed E-state index contributed by atoms with van der Waals surface area (Å²) in [5.74, 6) is -0.0698. The van der Waals surface area contributed by atoms with Crippen LogP contribution in [-0.4, -0.2) is 11.7 Å². The van der Waals surface area contributed by atoms with Crippen LogP contribution < -0.4 is 4.74 Å². The number of hydrogen-bond donors (Lipinski definition) is 1. The summed E-state index contributed by atoms with van der Waals surface area (Å²) in [7, 11) is 0. The van der Waals surface area contributed by atoms with Crippen molar-refractivity contribution >= 4 is 11.6 Å². The van der Waals surface area contributed by atoms with Gasteiger partial charge in [-0.3, -0.25) is 0 Å². The van der Waals surface area contributed by atoms with Gasteiger partial charge in [0.05, 0.1) is 10.6 Å². The molecule has 1 aliphatic rings. The van der Waals surface area contributed by atoms with E-state index in [2.05, 4.69) is 4.74 Å². The van der Waals surface area contributed by atoms with E-state index in [1.165, 1.54) is 12.1 Å². The summed E-state index contributed by atoms with van der Waals surface area (Å²) in [5.41, 5.74) is -0.165. The average molecular weight is 235 g/mol. The lowest BCUT2D eigenvalue weighted by atomic mass is 10.1. The highest BCUT2D eigenvalue weighted by atomic mass is 35.5. The lowest BCUT2D eigenvalue weighted by molar-refractivity contribution is -0.0498. The number of hydrogen-bond acceptors (Lipinski definition) is 2. The van der Waals surface area contributed by atoms with Crippen molar-refractivity contribution in [2.75, 3.05) is 0 Å². The minimum Gasteiger partial charge on any atom is -0.433 e. The van der Waals surface area contributed by atoms with Gasteiger partial charge >= 0.3 is 6.61 Å². The molecule has 0 bridgehead atoms. The number of halogens is 3. The molecule has 0 heterocycles. The molecule has 0 radical (unpaired) electrons. The van der Waals surface area contributed by atoms with Gasteiger partial charge in [0.2, 0.25) is 0 Å². The van der Waals surface area contributed by atoms with Gasteiger partial charge in [-0.1, -0.05) is 17.7 Å². The summed E-state index contributed by atoms with van der Waals surface area (Å²) in [6.45, 7) is -2.89. The first-order chi connectivity index (χ1) is 7.01. The van der Waals surface area contributed by atoms with Gasteiger partial charge in [0.25, 0.3) is 0 Å². The van der Waals surface area contributed by atoms with E-state index in [1.54, 1.807) is 6.07 Å². The standard InChI is InChI=1S/C10H9ClF2O2/c11-7-5-6(10(14)3-4-10)1-2-8(7)15-9(12)13/h1-2,5,9,14H,3-4H2. The lowest BCUT2D eigenvalue weighted by Gasteiger charge is -2.11. The van der Waals surface area contributed by atoms with Gasteiger partial charge < -0.3 is 9.84 Å². The molecule has 1 aromatic rings. The van der Waals surface area contributed by atoms with Crippen LogP contribution in [0.15, 0.2) is 18.2 Å². The Labute approximate surface area is 90.4 Å². The molecular formula is C10H9ClF2O2. The minimum atomic E-state index is -2.89. The van der Waals surface area contributed by atoms with Crippen LogP contribution in [-0.2, 0) is 5.60 Å². The third-order valence-electron chi connectivity index (χ3n) is 2.41. The molecule has 0 saturated heterocycles. The number of rotatable bonds is 3. The predicted molar refractivity (Wildman–Crippen MR) is 51.2 cm³/mol. The molecule has 0 amide bonds. The summed E-state index contributed by atoms with van der Waals surface area (Å²) < 4.78 is 28.0. The first kappa shape index (κ1) is 10.6. The number of benzene rings is 1. The van der Waals surface area contributed by atoms with E-state index >= 15 is 0 Å².